The number of aromatic nitrogens is 3. The van der Waals surface area contributed by atoms with Crippen molar-refractivity contribution in [1.29, 1.82) is 0 Å². The van der Waals surface area contributed by atoms with E-state index >= 15 is 0 Å². The van der Waals surface area contributed by atoms with Gasteiger partial charge in [-0.2, -0.15) is 13.2 Å². The highest BCUT2D eigenvalue weighted by Crippen LogP contribution is 2.41. The third-order valence-corrected chi connectivity index (χ3v) is 4.68. The smallest absolute Gasteiger partial charge is 0.419 e. The minimum Gasteiger partial charge on any atom is -0.490 e. The van der Waals surface area contributed by atoms with Crippen LogP contribution in [0.4, 0.5) is 19.0 Å². The third-order valence-electron chi connectivity index (χ3n) is 4.30. The highest BCUT2D eigenvalue weighted by molar-refractivity contribution is 6.30. The Balaban J connectivity index is 2.09. The summed E-state index contributed by atoms with van der Waals surface area (Å²) < 4.78 is 45.9. The fraction of sp³-hybridized carbons (Fsp3) is 0.316. The number of fused-ring (bicyclic) bond motifs is 1. The second kappa shape index (κ2) is 9.20. The van der Waals surface area contributed by atoms with Crippen molar-refractivity contribution in [2.45, 2.75) is 25.6 Å². The molecule has 11 heteroatoms. The van der Waals surface area contributed by atoms with Gasteiger partial charge in [0.15, 0.2) is 0 Å². The van der Waals surface area contributed by atoms with Crippen LogP contribution in [0.2, 0.25) is 10.4 Å². The van der Waals surface area contributed by atoms with E-state index in [2.05, 4.69) is 20.3 Å². The van der Waals surface area contributed by atoms with Crippen molar-refractivity contribution in [2.75, 3.05) is 18.5 Å². The van der Waals surface area contributed by atoms with Crippen LogP contribution in [0.3, 0.4) is 0 Å². The number of halogens is 5. The molecule has 0 fully saturated rings. The molecule has 0 aliphatic carbocycles. The van der Waals surface area contributed by atoms with Gasteiger partial charge in [-0.25, -0.2) is 15.0 Å². The van der Waals surface area contributed by atoms with Crippen molar-refractivity contribution in [1.82, 2.24) is 15.0 Å². The summed E-state index contributed by atoms with van der Waals surface area (Å²) in [6, 6.07) is 4.70. The Morgan fingerprint density at radius 1 is 1.23 bits per heavy atom. The van der Waals surface area contributed by atoms with E-state index in [0.717, 1.165) is 6.07 Å². The van der Waals surface area contributed by atoms with Crippen LogP contribution >= 0.6 is 23.2 Å². The van der Waals surface area contributed by atoms with Gasteiger partial charge in [-0.3, -0.25) is 0 Å². The average molecular weight is 461 g/mol. The number of rotatable bonds is 7. The lowest BCUT2D eigenvalue weighted by Gasteiger charge is -2.24. The van der Waals surface area contributed by atoms with Crippen molar-refractivity contribution >= 4 is 39.9 Å². The van der Waals surface area contributed by atoms with E-state index in [1.54, 1.807) is 6.92 Å². The van der Waals surface area contributed by atoms with Gasteiger partial charge < -0.3 is 15.2 Å². The van der Waals surface area contributed by atoms with E-state index in [4.69, 9.17) is 33.0 Å². The zero-order valence-corrected chi connectivity index (χ0v) is 17.2. The summed E-state index contributed by atoms with van der Waals surface area (Å²) in [6.45, 7) is 1.10. The van der Waals surface area contributed by atoms with E-state index in [-0.39, 0.29) is 28.4 Å². The molecule has 0 aliphatic rings. The summed E-state index contributed by atoms with van der Waals surface area (Å²) in [5.74, 6) is -0.0470. The number of aliphatic hydroxyl groups is 1. The molecule has 0 aliphatic heterocycles. The van der Waals surface area contributed by atoms with Crippen LogP contribution in [0, 0.1) is 0 Å². The van der Waals surface area contributed by atoms with Gasteiger partial charge in [0, 0.05) is 10.9 Å². The first-order valence-electron chi connectivity index (χ1n) is 8.93. The maximum atomic E-state index is 13.5. The maximum Gasteiger partial charge on any atom is 0.419 e. The minimum absolute atomic E-state index is 0.0511. The number of nitrogens with one attached hydrogen (secondary N) is 1. The van der Waals surface area contributed by atoms with Crippen molar-refractivity contribution in [3.05, 3.63) is 52.0 Å². The van der Waals surface area contributed by atoms with Crippen LogP contribution in [0.5, 0.6) is 5.75 Å². The lowest BCUT2D eigenvalue weighted by atomic mass is 9.99. The molecule has 30 heavy (non-hydrogen) atoms. The molecular weight excluding hydrogens is 444 g/mol. The predicted molar refractivity (Wildman–Crippen MR) is 108 cm³/mol. The van der Waals surface area contributed by atoms with Gasteiger partial charge in [-0.05, 0) is 30.2 Å². The molecule has 2 heterocycles. The Hall–Kier alpha value is -2.36. The standard InChI is InChI=1S/C19H17Cl2F3N4O2/c1-2-13(10-4-3-5-12(19(22,23)24)16(10)30-7-6-29)26-17-11-8-15(20)25-9-14(11)27-18(21)28-17/h3-5,8-9,13,29H,2,6-7H2,1H3,(H,26,27,28)/t13-/m1/s1. The lowest BCUT2D eigenvalue weighted by Crippen LogP contribution is -2.17. The fourth-order valence-electron chi connectivity index (χ4n) is 3.01. The van der Waals surface area contributed by atoms with Crippen LogP contribution in [0.15, 0.2) is 30.5 Å². The van der Waals surface area contributed by atoms with Gasteiger partial charge in [0.1, 0.15) is 23.3 Å². The Morgan fingerprint density at radius 2 is 2.00 bits per heavy atom. The number of alkyl halides is 3. The van der Waals surface area contributed by atoms with Gasteiger partial charge in [0.05, 0.1) is 29.9 Å². The summed E-state index contributed by atoms with van der Waals surface area (Å²) in [6.07, 6.45) is -2.79. The Morgan fingerprint density at radius 3 is 2.67 bits per heavy atom. The fourth-order valence-corrected chi connectivity index (χ4v) is 3.35. The maximum absolute atomic E-state index is 13.5. The molecule has 3 aromatic rings. The first-order chi connectivity index (χ1) is 14.2. The monoisotopic (exact) mass is 460 g/mol. The van der Waals surface area contributed by atoms with Crippen LogP contribution in [-0.2, 0) is 6.18 Å². The number of para-hydroxylation sites is 1. The van der Waals surface area contributed by atoms with Crippen LogP contribution in [0.1, 0.15) is 30.5 Å². The summed E-state index contributed by atoms with van der Waals surface area (Å²) in [5.41, 5.74) is -0.229. The number of nitrogens with zero attached hydrogens (tertiary/aromatic N) is 3. The van der Waals surface area contributed by atoms with E-state index < -0.39 is 24.4 Å². The van der Waals surface area contributed by atoms with Gasteiger partial charge in [0.2, 0.25) is 5.28 Å². The topological polar surface area (TPSA) is 80.2 Å². The van der Waals surface area contributed by atoms with Crippen molar-refractivity contribution < 1.29 is 23.0 Å². The molecular formula is C19H17Cl2F3N4O2. The number of benzene rings is 1. The normalized spacial score (nSPS) is 12.8. The number of anilines is 1. The first kappa shape index (κ1) is 22.3. The van der Waals surface area contributed by atoms with E-state index in [1.807, 2.05) is 0 Å². The molecule has 0 saturated carbocycles. The number of hydrogen-bond acceptors (Lipinski definition) is 6. The molecule has 1 aromatic carbocycles. The first-order valence-corrected chi connectivity index (χ1v) is 9.69. The molecule has 2 aromatic heterocycles. The molecule has 0 radical (unpaired) electrons. The van der Waals surface area contributed by atoms with Crippen LogP contribution in [0.25, 0.3) is 10.9 Å². The molecule has 0 unspecified atom stereocenters. The van der Waals surface area contributed by atoms with Crippen LogP contribution in [-0.4, -0.2) is 33.3 Å². The number of pyridine rings is 1. The summed E-state index contributed by atoms with van der Waals surface area (Å²) in [5, 5.41) is 12.8. The lowest BCUT2D eigenvalue weighted by molar-refractivity contribution is -0.139. The van der Waals surface area contributed by atoms with Gasteiger partial charge in [-0.15, -0.1) is 0 Å². The van der Waals surface area contributed by atoms with Crippen LogP contribution < -0.4 is 10.1 Å². The van der Waals surface area contributed by atoms with E-state index in [9.17, 15) is 13.2 Å². The minimum atomic E-state index is -4.62. The molecule has 160 valence electrons. The Bertz CT molecular complexity index is 1050. The summed E-state index contributed by atoms with van der Waals surface area (Å²) in [4.78, 5) is 12.2. The predicted octanol–water partition coefficient (Wildman–Crippen LogP) is 5.28. The van der Waals surface area contributed by atoms with Crippen molar-refractivity contribution in [3.8, 4) is 5.75 Å². The summed E-state index contributed by atoms with van der Waals surface area (Å²) >= 11 is 12.0. The Kier molecular flexibility index (Phi) is 6.84. The highest BCUT2D eigenvalue weighted by atomic mass is 35.5. The summed E-state index contributed by atoms with van der Waals surface area (Å²) in [7, 11) is 0. The zero-order chi connectivity index (χ0) is 21.9. The molecule has 2 N–H and O–H groups in total. The molecule has 0 spiro atoms. The molecule has 3 rings (SSSR count). The highest BCUT2D eigenvalue weighted by Gasteiger charge is 2.36. The molecule has 0 bridgehead atoms. The third kappa shape index (κ3) is 4.85. The van der Waals surface area contributed by atoms with Gasteiger partial charge in [-0.1, -0.05) is 30.7 Å². The average Bonchev–Trinajstić information content (AvgIpc) is 2.69. The largest absolute Gasteiger partial charge is 0.490 e. The second-order valence-corrected chi connectivity index (χ2v) is 6.99. The van der Waals surface area contributed by atoms with Gasteiger partial charge >= 0.3 is 6.18 Å². The molecule has 1 atom stereocenters. The van der Waals surface area contributed by atoms with Crippen molar-refractivity contribution in [3.63, 3.8) is 0 Å². The van der Waals surface area contributed by atoms with E-state index in [1.165, 1.54) is 24.4 Å². The SMILES string of the molecule is CC[C@@H](Nc1nc(Cl)nc2cnc(Cl)cc12)c1cccc(C(F)(F)F)c1OCCO. The molecule has 6 nitrogen and oxygen atoms in total. The number of ether oxygens (including phenoxy) is 1. The Labute approximate surface area is 180 Å². The zero-order valence-electron chi connectivity index (χ0n) is 15.7. The van der Waals surface area contributed by atoms with E-state index in [0.29, 0.717) is 23.1 Å². The quantitative estimate of drug-likeness (QED) is 0.368. The van der Waals surface area contributed by atoms with Gasteiger partial charge in [0.25, 0.3) is 0 Å². The number of aliphatic hydroxyl groups excluding tert-OH is 1. The molecule has 0 amide bonds. The second-order valence-electron chi connectivity index (χ2n) is 6.26. The molecule has 0 saturated heterocycles. The number of hydrogen-bond donors (Lipinski definition) is 2. The van der Waals surface area contributed by atoms with Crippen molar-refractivity contribution in [2.24, 2.45) is 0 Å².